The average molecular weight is 1850 g/mol. The molecule has 0 atom stereocenters. The fourth-order valence-electron chi connectivity index (χ4n) is 20.8. The number of carbonyl (C=O) groups is 15. The summed E-state index contributed by atoms with van der Waals surface area (Å²) in [5.41, 5.74) is 13.9. The summed E-state index contributed by atoms with van der Waals surface area (Å²) in [5, 5.41) is 35.1. The molecule has 8 fully saturated rings. The van der Waals surface area contributed by atoms with Crippen LogP contribution in [0.15, 0.2) is 78.9 Å². The van der Waals surface area contributed by atoms with Crippen LogP contribution in [0.3, 0.4) is 0 Å². The van der Waals surface area contributed by atoms with Crippen LogP contribution in [0.25, 0.3) is 0 Å². The number of aryl methyl sites for hydroxylation is 4. The fraction of sp³-hybridized carbons (Fsp3) is 0.417. The number of fused-ring (bicyclic) bond motifs is 4. The van der Waals surface area contributed by atoms with Crippen molar-refractivity contribution in [1.82, 2.24) is 44.9 Å². The monoisotopic (exact) mass is 1850 g/mol. The lowest BCUT2D eigenvalue weighted by Gasteiger charge is -2.68. The Hall–Kier alpha value is -12.7. The highest BCUT2D eigenvalue weighted by molar-refractivity contribution is 6.46. The highest BCUT2D eigenvalue weighted by Gasteiger charge is 2.72. The van der Waals surface area contributed by atoms with Gasteiger partial charge in [-0.3, -0.25) is 71.9 Å². The zero-order valence-corrected chi connectivity index (χ0v) is 76.4. The number of alkyl halides is 2. The molecular formula is C96H100Cl3F2N15O15. The Morgan fingerprint density at radius 3 is 1.00 bits per heavy atom. The fourth-order valence-corrected chi connectivity index (χ4v) is 21.3. The quantitative estimate of drug-likeness (QED) is 0.0198. The van der Waals surface area contributed by atoms with Crippen LogP contribution in [0.2, 0.25) is 15.1 Å². The number of Topliss-reactive ketones (excluding diaryl/α,β-unsaturated/α-hetero) is 5. The molecule has 4 aliphatic heterocycles. The van der Waals surface area contributed by atoms with Crippen molar-refractivity contribution in [3.63, 3.8) is 0 Å². The third kappa shape index (κ3) is 17.1. The van der Waals surface area contributed by atoms with Crippen LogP contribution in [-0.4, -0.2) is 141 Å². The summed E-state index contributed by atoms with van der Waals surface area (Å²) in [4.78, 5) is 192. The predicted molar refractivity (Wildman–Crippen MR) is 482 cm³/mol. The van der Waals surface area contributed by atoms with Crippen molar-refractivity contribution in [2.24, 2.45) is 16.6 Å². The Labute approximate surface area is 767 Å². The molecule has 0 saturated heterocycles. The Morgan fingerprint density at radius 2 is 0.718 bits per heavy atom. The van der Waals surface area contributed by atoms with E-state index < -0.39 is 105 Å². The first kappa shape index (κ1) is 93.0. The number of benzene rings is 4. The van der Waals surface area contributed by atoms with E-state index in [9.17, 15) is 86.0 Å². The number of nitrogens with one attached hydrogen (secondary N) is 9. The van der Waals surface area contributed by atoms with Gasteiger partial charge < -0.3 is 71.9 Å². The molecule has 11 N–H and O–H groups in total. The maximum Gasteiger partial charge on any atom is 0.293 e. The summed E-state index contributed by atoms with van der Waals surface area (Å²) in [7, 11) is 1.28. The number of halogens is 5. The number of nitrogens with zero attached hydrogens (tertiary/aromatic N) is 5. The van der Waals surface area contributed by atoms with Crippen molar-refractivity contribution in [2.45, 2.75) is 239 Å². The number of rotatable bonds is 24. The molecule has 4 aromatic heterocycles. The van der Waals surface area contributed by atoms with Crippen molar-refractivity contribution >= 4 is 146 Å². The van der Waals surface area contributed by atoms with Gasteiger partial charge in [-0.2, -0.15) is 5.26 Å². The molecule has 20 rings (SSSR count). The molecule has 8 aromatic rings. The summed E-state index contributed by atoms with van der Waals surface area (Å²) in [5.74, 6) is -11.9. The van der Waals surface area contributed by atoms with Crippen LogP contribution in [0.1, 0.15) is 254 Å². The first-order valence-electron chi connectivity index (χ1n) is 43.7. The van der Waals surface area contributed by atoms with Crippen LogP contribution >= 0.6 is 34.8 Å². The topological polar surface area (TPSA) is 434 Å². The second kappa shape index (κ2) is 34.9. The molecule has 8 heterocycles. The first-order chi connectivity index (χ1) is 61.9. The van der Waals surface area contributed by atoms with Gasteiger partial charge in [0.05, 0.1) is 44.7 Å². The van der Waals surface area contributed by atoms with E-state index in [0.717, 1.165) is 47.2 Å². The number of primary amides is 1. The van der Waals surface area contributed by atoms with Gasteiger partial charge in [-0.25, -0.2) is 8.78 Å². The van der Waals surface area contributed by atoms with Gasteiger partial charge in [-0.1, -0.05) is 77.6 Å². The van der Waals surface area contributed by atoms with Crippen LogP contribution in [0.5, 0.6) is 0 Å². The zero-order chi connectivity index (χ0) is 94.6. The molecule has 10 amide bonds. The smallest absolute Gasteiger partial charge is 0.293 e. The Bertz CT molecular complexity index is 6350. The Kier molecular flexibility index (Phi) is 24.7. The summed E-state index contributed by atoms with van der Waals surface area (Å²) in [6.07, 6.45) is 8.35. The van der Waals surface area contributed by atoms with Gasteiger partial charge in [0.15, 0.2) is 5.78 Å². The van der Waals surface area contributed by atoms with Gasteiger partial charge in [0.25, 0.3) is 76.3 Å². The van der Waals surface area contributed by atoms with E-state index in [-0.39, 0.29) is 51.6 Å². The van der Waals surface area contributed by atoms with Gasteiger partial charge in [0.1, 0.15) is 28.3 Å². The number of hydrogen-bond acceptors (Lipinski definition) is 16. The van der Waals surface area contributed by atoms with Gasteiger partial charge in [0, 0.05) is 124 Å². The van der Waals surface area contributed by atoms with E-state index >= 15 is 0 Å². The molecule has 684 valence electrons. The third-order valence-corrected chi connectivity index (χ3v) is 28.7. The normalized spacial score (nSPS) is 20.5. The zero-order valence-electron chi connectivity index (χ0n) is 74.1. The molecule has 4 bridgehead atoms. The van der Waals surface area contributed by atoms with E-state index in [1.165, 1.54) is 7.05 Å². The maximum absolute atomic E-state index is 13.6. The number of nitrogens with two attached hydrogens (primary N) is 1. The maximum atomic E-state index is 13.6. The molecule has 8 saturated carbocycles. The summed E-state index contributed by atoms with van der Waals surface area (Å²) in [6, 6.07) is 25.4. The third-order valence-electron chi connectivity index (χ3n) is 27.5. The number of carbonyl (C=O) groups excluding carboxylic acids is 15. The number of anilines is 4. The molecule has 4 aromatic carbocycles. The largest absolute Gasteiger partial charge is 0.369 e. The summed E-state index contributed by atoms with van der Waals surface area (Å²) in [6.45, 7) is 18.3. The van der Waals surface area contributed by atoms with Crippen molar-refractivity contribution in [3.8, 4) is 6.07 Å². The highest BCUT2D eigenvalue weighted by Crippen LogP contribution is 2.68. The lowest BCUT2D eigenvalue weighted by atomic mass is 9.39. The summed E-state index contributed by atoms with van der Waals surface area (Å²) < 4.78 is 34.4. The standard InChI is InChI=1S/C24H25ClN4O4.C24H23ClN4O3.C24H26ClN3O4.C24H26F2N4O4/c1-12-5-6-14(8-15(12)25)27-20(31)18-13(2)17(16-4-3-7-29(16)18)19(30)21(32)28-24-9-23(10-24,11-24)22(26)33;1-13-5-6-15(8-16(13)25)27-21(31)19-14(2)18(17-4-3-7-29(17)19)20(30)22(32)28-24-9-23(10-24,11-24)12-26;1-4-18(29)24(9-10-24)27-23(32)21(30)19-14(3)20(28-11-5-6-17(19)28)22(31)26-15-8-7-13(2)16(25)12-15;1-13-6-8-15(9-7-13)28-20(32)18-14(2)17(16-5-4-10-30(16)18)19(31)21(33)29-23(22(34)27-3)11-24(25,26)12-23/h5-6,8H,3-4,7,9-11H2,1-2H3,(H2,26,33)(H,27,31)(H,28,32);5-6,8H,3-4,7,9-11H2,1-2H3,(H,27,31)(H,28,32);7-8,12H,4-6,9-11H2,1-3H3,(H,26,31)(H,27,32);6-9H,4-5,10-12H2,1-3H3,(H,27,34)(H,28,32)(H,29,33). The first-order valence-corrected chi connectivity index (χ1v) is 44.8. The molecule has 30 nitrogen and oxygen atoms in total. The number of nitriles is 1. The summed E-state index contributed by atoms with van der Waals surface area (Å²) >= 11 is 18.5. The van der Waals surface area contributed by atoms with Gasteiger partial charge in [-0.15, -0.1) is 0 Å². The predicted octanol–water partition coefficient (Wildman–Crippen LogP) is 12.6. The molecule has 0 unspecified atom stereocenters. The minimum atomic E-state index is -3.10. The second-order valence-corrected chi connectivity index (χ2v) is 38.0. The van der Waals surface area contributed by atoms with Gasteiger partial charge in [0.2, 0.25) is 11.8 Å². The lowest BCUT2D eigenvalue weighted by Crippen LogP contribution is -2.78. The Morgan fingerprint density at radius 1 is 0.420 bits per heavy atom. The molecule has 131 heavy (non-hydrogen) atoms. The van der Waals surface area contributed by atoms with Gasteiger partial charge >= 0.3 is 0 Å². The van der Waals surface area contributed by atoms with Crippen LogP contribution in [-0.2, 0) is 85.4 Å². The molecule has 35 heteroatoms. The van der Waals surface area contributed by atoms with Crippen LogP contribution in [0, 0.1) is 77.6 Å². The van der Waals surface area contributed by atoms with E-state index in [2.05, 4.69) is 53.9 Å². The van der Waals surface area contributed by atoms with Crippen molar-refractivity contribution in [2.75, 3.05) is 28.3 Å². The van der Waals surface area contributed by atoms with Crippen LogP contribution in [0.4, 0.5) is 31.5 Å². The molecule has 8 aliphatic carbocycles. The van der Waals surface area contributed by atoms with E-state index in [4.69, 9.17) is 40.5 Å². The Balaban J connectivity index is 0.000000134. The second-order valence-electron chi connectivity index (χ2n) is 36.8. The highest BCUT2D eigenvalue weighted by atomic mass is 35.5. The number of hydrogen-bond donors (Lipinski definition) is 10. The van der Waals surface area contributed by atoms with E-state index in [1.54, 1.807) is 87.7 Å². The van der Waals surface area contributed by atoms with E-state index in [0.29, 0.717) is 221 Å². The number of ketones is 5. The minimum Gasteiger partial charge on any atom is -0.369 e. The SMILES string of the molecule is CCC(=O)C1(NC(=O)C(=O)c2c(C)c(C(=O)Nc3ccc(C)c(Cl)c3)n3c2CCC3)CC1.CNC(=O)C1(NC(=O)C(=O)c2c(C)c(C(=O)Nc3ccc(C)cc3)n3c2CCC3)CC(F)(F)C1.Cc1ccc(NC(=O)c2c(C)c(C(=O)C(=O)NC34CC(C#N)(C3)C4)c3n2CCC3)cc1Cl.Cc1ccc(NC(=O)c2c(C)c(C(=O)C(=O)NC34CC(C(N)=O)(C3)C4)c3n2CCC3)cc1Cl. The molecule has 0 spiro atoms. The average Bonchev–Trinajstić information content (AvgIpc) is 1.22. The lowest BCUT2D eigenvalue weighted by molar-refractivity contribution is -0.179. The minimum absolute atomic E-state index is 0.0608. The molecule has 12 aliphatic rings. The molecule has 0 radical (unpaired) electrons. The number of likely N-dealkylation sites (N-methyl/N-ethyl adjacent to an activating group) is 1. The number of aromatic nitrogens is 4. The van der Waals surface area contributed by atoms with Crippen molar-refractivity contribution in [1.29, 1.82) is 5.26 Å². The van der Waals surface area contributed by atoms with Crippen LogP contribution < -0.4 is 53.6 Å². The number of amides is 10. The molecular weight excluding hydrogens is 1750 g/mol. The van der Waals surface area contributed by atoms with Crippen molar-refractivity contribution < 1.29 is 80.7 Å². The van der Waals surface area contributed by atoms with Crippen molar-refractivity contribution in [3.05, 3.63) is 206 Å². The van der Waals surface area contributed by atoms with Gasteiger partial charge in [-0.05, 0) is 246 Å². The van der Waals surface area contributed by atoms with E-state index in [1.807, 2.05) is 71.7 Å².